The van der Waals surface area contributed by atoms with E-state index in [9.17, 15) is 13.6 Å². The summed E-state index contributed by atoms with van der Waals surface area (Å²) < 4.78 is 36.5. The average molecular weight is 351 g/mol. The Kier molecular flexibility index (Phi) is 5.72. The van der Waals surface area contributed by atoms with Crippen LogP contribution in [-0.2, 0) is 4.74 Å². The molecule has 0 spiro atoms. The number of hydrogen-bond donors (Lipinski definition) is 1. The van der Waals surface area contributed by atoms with Crippen LogP contribution in [-0.4, -0.2) is 55.4 Å². The van der Waals surface area contributed by atoms with Crippen molar-refractivity contribution in [3.05, 3.63) is 41.6 Å². The van der Waals surface area contributed by atoms with Crippen molar-refractivity contribution in [1.82, 2.24) is 15.4 Å². The summed E-state index contributed by atoms with van der Waals surface area (Å²) in [4.78, 5) is 14.3. The van der Waals surface area contributed by atoms with Gasteiger partial charge in [0.25, 0.3) is 5.91 Å². The van der Waals surface area contributed by atoms with Gasteiger partial charge in [0.05, 0.1) is 13.2 Å². The minimum absolute atomic E-state index is 0.103. The van der Waals surface area contributed by atoms with Gasteiger partial charge in [0.15, 0.2) is 23.1 Å². The number of nitrogens with one attached hydrogen (secondary N) is 1. The molecule has 2 aromatic rings. The van der Waals surface area contributed by atoms with Crippen molar-refractivity contribution in [3.8, 4) is 11.3 Å². The van der Waals surface area contributed by atoms with Crippen LogP contribution in [0.3, 0.4) is 0 Å². The summed E-state index contributed by atoms with van der Waals surface area (Å²) in [5.41, 5.74) is 0.420. The van der Waals surface area contributed by atoms with E-state index in [0.717, 1.165) is 51.4 Å². The van der Waals surface area contributed by atoms with Gasteiger partial charge in [-0.15, -0.1) is 0 Å². The number of halogens is 2. The number of ether oxygens (including phenoxy) is 1. The van der Waals surface area contributed by atoms with Crippen LogP contribution in [0.4, 0.5) is 8.78 Å². The fourth-order valence-electron chi connectivity index (χ4n) is 2.59. The van der Waals surface area contributed by atoms with Gasteiger partial charge in [-0.2, -0.15) is 0 Å². The van der Waals surface area contributed by atoms with Gasteiger partial charge in [0.1, 0.15) is 0 Å². The molecule has 0 unspecified atom stereocenters. The predicted octanol–water partition coefficient (Wildman–Crippen LogP) is 2.07. The molecule has 6 nitrogen and oxygen atoms in total. The van der Waals surface area contributed by atoms with Crippen molar-refractivity contribution in [2.45, 2.75) is 6.42 Å². The molecule has 1 aromatic carbocycles. The Morgan fingerprint density at radius 2 is 2.00 bits per heavy atom. The smallest absolute Gasteiger partial charge is 0.273 e. The van der Waals surface area contributed by atoms with Crippen LogP contribution in [0.2, 0.25) is 0 Å². The molecule has 1 amide bonds. The molecule has 0 aliphatic carbocycles. The van der Waals surface area contributed by atoms with Crippen LogP contribution in [0.25, 0.3) is 11.3 Å². The van der Waals surface area contributed by atoms with E-state index in [1.807, 2.05) is 0 Å². The van der Waals surface area contributed by atoms with Gasteiger partial charge in [-0.3, -0.25) is 9.69 Å². The quantitative estimate of drug-likeness (QED) is 0.807. The number of carbonyl (C=O) groups excluding carboxylic acids is 1. The number of benzene rings is 1. The summed E-state index contributed by atoms with van der Waals surface area (Å²) in [5.74, 6) is -2.08. The number of aromatic nitrogens is 1. The highest BCUT2D eigenvalue weighted by molar-refractivity contribution is 5.93. The fraction of sp³-hybridized carbons (Fsp3) is 0.412. The van der Waals surface area contributed by atoms with Crippen molar-refractivity contribution < 1.29 is 22.8 Å². The lowest BCUT2D eigenvalue weighted by atomic mass is 10.1. The second-order valence-electron chi connectivity index (χ2n) is 5.77. The summed E-state index contributed by atoms with van der Waals surface area (Å²) >= 11 is 0. The van der Waals surface area contributed by atoms with E-state index in [1.54, 1.807) is 0 Å². The van der Waals surface area contributed by atoms with Crippen LogP contribution in [0.15, 0.2) is 28.8 Å². The monoisotopic (exact) mass is 351 g/mol. The molecule has 1 aliphatic heterocycles. The Hall–Kier alpha value is -2.32. The third-order valence-corrected chi connectivity index (χ3v) is 3.99. The van der Waals surface area contributed by atoms with Gasteiger partial charge in [0, 0.05) is 31.3 Å². The Morgan fingerprint density at radius 3 is 2.76 bits per heavy atom. The van der Waals surface area contributed by atoms with Crippen LogP contribution in [0, 0.1) is 11.6 Å². The molecule has 3 rings (SSSR count). The minimum Gasteiger partial charge on any atom is -0.379 e. The van der Waals surface area contributed by atoms with Crippen LogP contribution < -0.4 is 5.32 Å². The Balaban J connectivity index is 1.49. The maximum atomic E-state index is 13.3. The highest BCUT2D eigenvalue weighted by Crippen LogP contribution is 2.22. The van der Waals surface area contributed by atoms with Crippen molar-refractivity contribution in [2.24, 2.45) is 0 Å². The second kappa shape index (κ2) is 8.17. The summed E-state index contributed by atoms with van der Waals surface area (Å²) in [6.45, 7) is 4.73. The van der Waals surface area contributed by atoms with Crippen LogP contribution >= 0.6 is 0 Å². The van der Waals surface area contributed by atoms with Crippen molar-refractivity contribution >= 4 is 5.91 Å². The molecule has 1 fully saturated rings. The first kappa shape index (κ1) is 17.5. The molecule has 1 N–H and O–H groups in total. The molecule has 1 aliphatic rings. The summed E-state index contributed by atoms with van der Waals surface area (Å²) in [6, 6.07) is 4.77. The zero-order valence-electron chi connectivity index (χ0n) is 13.6. The Morgan fingerprint density at radius 1 is 1.20 bits per heavy atom. The maximum Gasteiger partial charge on any atom is 0.273 e. The predicted molar refractivity (Wildman–Crippen MR) is 86.1 cm³/mol. The molecule has 0 radical (unpaired) electrons. The molecular formula is C17H19F2N3O3. The molecule has 8 heteroatoms. The lowest BCUT2D eigenvalue weighted by molar-refractivity contribution is 0.0374. The third-order valence-electron chi connectivity index (χ3n) is 3.99. The van der Waals surface area contributed by atoms with E-state index in [2.05, 4.69) is 15.4 Å². The van der Waals surface area contributed by atoms with Gasteiger partial charge >= 0.3 is 0 Å². The first-order valence-corrected chi connectivity index (χ1v) is 8.14. The summed E-state index contributed by atoms with van der Waals surface area (Å²) in [7, 11) is 0. The van der Waals surface area contributed by atoms with Gasteiger partial charge < -0.3 is 14.6 Å². The second-order valence-corrected chi connectivity index (χ2v) is 5.77. The maximum absolute atomic E-state index is 13.3. The van der Waals surface area contributed by atoms with Crippen LogP contribution in [0.5, 0.6) is 0 Å². The SMILES string of the molecule is O=C(NCCCN1CCOCC1)c1cc(-c2ccc(F)c(F)c2)on1. The Labute approximate surface area is 143 Å². The molecule has 25 heavy (non-hydrogen) atoms. The van der Waals surface area contributed by atoms with E-state index in [1.165, 1.54) is 12.1 Å². The molecule has 0 bridgehead atoms. The van der Waals surface area contributed by atoms with Crippen molar-refractivity contribution in [2.75, 3.05) is 39.4 Å². The largest absolute Gasteiger partial charge is 0.379 e. The molecular weight excluding hydrogens is 332 g/mol. The number of nitrogens with zero attached hydrogens (tertiary/aromatic N) is 2. The van der Waals surface area contributed by atoms with E-state index < -0.39 is 11.6 Å². The third kappa shape index (κ3) is 4.61. The number of morpholine rings is 1. The van der Waals surface area contributed by atoms with E-state index in [-0.39, 0.29) is 17.4 Å². The minimum atomic E-state index is -0.983. The van der Waals surface area contributed by atoms with E-state index in [4.69, 9.17) is 9.26 Å². The zero-order chi connectivity index (χ0) is 17.6. The summed E-state index contributed by atoms with van der Waals surface area (Å²) in [6.07, 6.45) is 0.819. The normalized spacial score (nSPS) is 15.3. The Bertz CT molecular complexity index is 730. The number of hydrogen-bond acceptors (Lipinski definition) is 5. The lowest BCUT2D eigenvalue weighted by Crippen LogP contribution is -2.38. The first-order valence-electron chi connectivity index (χ1n) is 8.14. The number of amides is 1. The van der Waals surface area contributed by atoms with Gasteiger partial charge in [0.2, 0.25) is 0 Å². The topological polar surface area (TPSA) is 67.6 Å². The fourth-order valence-corrected chi connectivity index (χ4v) is 2.59. The van der Waals surface area contributed by atoms with Crippen molar-refractivity contribution in [3.63, 3.8) is 0 Å². The first-order chi connectivity index (χ1) is 12.1. The standard InChI is InChI=1S/C17H19F2N3O3/c18-13-3-2-12(10-14(13)19)16-11-15(21-25-16)17(23)20-4-1-5-22-6-8-24-9-7-22/h2-3,10-11H,1,4-9H2,(H,20,23). The average Bonchev–Trinajstić information content (AvgIpc) is 3.12. The molecule has 1 aromatic heterocycles. The van der Waals surface area contributed by atoms with Gasteiger partial charge in [-0.25, -0.2) is 8.78 Å². The summed E-state index contributed by atoms with van der Waals surface area (Å²) in [5, 5.41) is 6.45. The molecule has 0 saturated carbocycles. The molecule has 134 valence electrons. The molecule has 0 atom stereocenters. The molecule has 2 heterocycles. The van der Waals surface area contributed by atoms with E-state index >= 15 is 0 Å². The van der Waals surface area contributed by atoms with Crippen molar-refractivity contribution in [1.29, 1.82) is 0 Å². The number of carbonyl (C=O) groups is 1. The zero-order valence-corrected chi connectivity index (χ0v) is 13.6. The van der Waals surface area contributed by atoms with Gasteiger partial charge in [-0.05, 0) is 31.2 Å². The highest BCUT2D eigenvalue weighted by Gasteiger charge is 2.15. The van der Waals surface area contributed by atoms with Gasteiger partial charge in [-0.1, -0.05) is 5.16 Å². The molecule has 1 saturated heterocycles. The lowest BCUT2D eigenvalue weighted by Gasteiger charge is -2.26. The van der Waals surface area contributed by atoms with E-state index in [0.29, 0.717) is 12.1 Å². The van der Waals surface area contributed by atoms with Crippen LogP contribution in [0.1, 0.15) is 16.9 Å². The number of rotatable bonds is 6. The highest BCUT2D eigenvalue weighted by atomic mass is 19.2.